The molecule has 0 fully saturated rings. The van der Waals surface area contributed by atoms with Crippen LogP contribution in [0.15, 0.2) is 78.0 Å². The van der Waals surface area contributed by atoms with Gasteiger partial charge in [-0.25, -0.2) is 0 Å². The van der Waals surface area contributed by atoms with Gasteiger partial charge in [0.05, 0.1) is 11.0 Å². The Bertz CT molecular complexity index is 1240. The molecule has 0 radical (unpaired) electrons. The lowest BCUT2D eigenvalue weighted by molar-refractivity contribution is 1.09. The number of aromatic nitrogens is 2. The number of nitrogens with zero attached hydrogens (tertiary/aromatic N) is 2. The summed E-state index contributed by atoms with van der Waals surface area (Å²) in [4.78, 5) is 17.1. The highest BCUT2D eigenvalue weighted by Crippen LogP contribution is 2.30. The maximum absolute atomic E-state index is 13.0. The fourth-order valence-electron chi connectivity index (χ4n) is 3.61. The van der Waals surface area contributed by atoms with Gasteiger partial charge in [-0.05, 0) is 23.8 Å². The van der Waals surface area contributed by atoms with Gasteiger partial charge in [-0.3, -0.25) is 9.78 Å². The zero-order valence-electron chi connectivity index (χ0n) is 12.9. The fraction of sp³-hybridized carbons (Fsp3) is 0.0476. The molecule has 0 aliphatic heterocycles. The molecule has 24 heavy (non-hydrogen) atoms. The van der Waals surface area contributed by atoms with E-state index in [1.165, 1.54) is 5.39 Å². The van der Waals surface area contributed by atoms with Crippen molar-refractivity contribution in [2.75, 3.05) is 0 Å². The summed E-state index contributed by atoms with van der Waals surface area (Å²) >= 11 is 0. The second kappa shape index (κ2) is 4.90. The number of fused-ring (bicyclic) bond motifs is 3. The number of pyridine rings is 2. The summed E-state index contributed by atoms with van der Waals surface area (Å²) in [6.07, 6.45) is 6.15. The maximum Gasteiger partial charge on any atom is 0.192 e. The quantitative estimate of drug-likeness (QED) is 0.493. The molecule has 0 saturated heterocycles. The molecule has 0 N–H and O–H groups in total. The van der Waals surface area contributed by atoms with Gasteiger partial charge in [0.1, 0.15) is 0 Å². The molecule has 0 atom stereocenters. The zero-order valence-corrected chi connectivity index (χ0v) is 12.9. The zero-order chi connectivity index (χ0) is 16.1. The molecule has 0 unspecified atom stereocenters. The van der Waals surface area contributed by atoms with Crippen LogP contribution in [0.25, 0.3) is 27.2 Å². The third-order valence-electron chi connectivity index (χ3n) is 4.67. The summed E-state index contributed by atoms with van der Waals surface area (Å²) in [5.74, 6) is 0. The Morgan fingerprint density at radius 1 is 0.875 bits per heavy atom. The average Bonchev–Trinajstić information content (AvgIpc) is 2.95. The van der Waals surface area contributed by atoms with Gasteiger partial charge >= 0.3 is 0 Å². The Hall–Kier alpha value is -3.20. The molecule has 3 heteroatoms. The Labute approximate surface area is 138 Å². The van der Waals surface area contributed by atoms with Crippen molar-refractivity contribution < 1.29 is 0 Å². The molecule has 0 spiro atoms. The number of benzene rings is 2. The van der Waals surface area contributed by atoms with Crippen molar-refractivity contribution in [2.24, 2.45) is 0 Å². The van der Waals surface area contributed by atoms with Crippen molar-refractivity contribution >= 4 is 27.2 Å². The molecule has 3 aromatic heterocycles. The van der Waals surface area contributed by atoms with Crippen molar-refractivity contribution in [3.63, 3.8) is 0 Å². The van der Waals surface area contributed by atoms with Crippen LogP contribution >= 0.6 is 0 Å². The van der Waals surface area contributed by atoms with E-state index in [0.29, 0.717) is 6.42 Å². The Morgan fingerprint density at radius 2 is 1.71 bits per heavy atom. The first-order valence-electron chi connectivity index (χ1n) is 7.99. The van der Waals surface area contributed by atoms with Gasteiger partial charge in [0.25, 0.3) is 0 Å². The number of rotatable bonds is 2. The molecule has 3 heterocycles. The lowest BCUT2D eigenvalue weighted by Gasteiger charge is -2.06. The predicted octanol–water partition coefficient (Wildman–Crippen LogP) is 4.03. The van der Waals surface area contributed by atoms with Gasteiger partial charge in [0.15, 0.2) is 5.43 Å². The molecule has 0 saturated carbocycles. The third-order valence-corrected chi connectivity index (χ3v) is 4.67. The largest absolute Gasteiger partial charge is 0.315 e. The van der Waals surface area contributed by atoms with E-state index in [1.807, 2.05) is 48.8 Å². The molecule has 114 valence electrons. The number of para-hydroxylation sites is 2. The minimum atomic E-state index is 0.111. The first-order chi connectivity index (χ1) is 11.8. The topological polar surface area (TPSA) is 34.4 Å². The summed E-state index contributed by atoms with van der Waals surface area (Å²) in [6, 6.07) is 18.2. The van der Waals surface area contributed by atoms with E-state index >= 15 is 0 Å². The van der Waals surface area contributed by atoms with E-state index in [2.05, 4.69) is 27.6 Å². The van der Waals surface area contributed by atoms with E-state index in [4.69, 9.17) is 0 Å². The number of hydrogen-bond acceptors (Lipinski definition) is 2. The highest BCUT2D eigenvalue weighted by molar-refractivity contribution is 6.13. The van der Waals surface area contributed by atoms with Crippen molar-refractivity contribution in [2.45, 2.75) is 6.42 Å². The van der Waals surface area contributed by atoms with Gasteiger partial charge < -0.3 is 4.40 Å². The Balaban J connectivity index is 1.89. The lowest BCUT2D eigenvalue weighted by atomic mass is 10.0. The van der Waals surface area contributed by atoms with Crippen LogP contribution in [0.3, 0.4) is 0 Å². The molecule has 0 aliphatic rings. The molecule has 0 aliphatic carbocycles. The van der Waals surface area contributed by atoms with E-state index in [1.54, 1.807) is 6.20 Å². The molecule has 2 aromatic carbocycles. The van der Waals surface area contributed by atoms with Crippen LogP contribution in [0.5, 0.6) is 0 Å². The van der Waals surface area contributed by atoms with Crippen molar-refractivity contribution in [1.29, 1.82) is 0 Å². The SMILES string of the molecule is O=c1c(Cc2cccnc2)cn2c3ccccc3c3cccc1c32. The predicted molar refractivity (Wildman–Crippen MR) is 96.9 cm³/mol. The fourth-order valence-corrected chi connectivity index (χ4v) is 3.61. The van der Waals surface area contributed by atoms with Gasteiger partial charge in [-0.1, -0.05) is 36.4 Å². The van der Waals surface area contributed by atoms with Crippen molar-refractivity contribution in [3.8, 4) is 0 Å². The van der Waals surface area contributed by atoms with Crippen molar-refractivity contribution in [1.82, 2.24) is 9.38 Å². The highest BCUT2D eigenvalue weighted by atomic mass is 16.1. The summed E-state index contributed by atoms with van der Waals surface area (Å²) in [7, 11) is 0. The van der Waals surface area contributed by atoms with Crippen LogP contribution in [0, 0.1) is 0 Å². The van der Waals surface area contributed by atoms with Crippen LogP contribution in [0.1, 0.15) is 11.1 Å². The van der Waals surface area contributed by atoms with Crippen LogP contribution in [-0.4, -0.2) is 9.38 Å². The standard InChI is InChI=1S/C21H14N2O/c24-21-15(11-14-5-4-10-22-12-14)13-23-19-9-2-1-6-16(19)17-7-3-8-18(21)20(17)23/h1-10,12-13H,11H2. The highest BCUT2D eigenvalue weighted by Gasteiger charge is 2.15. The number of hydrogen-bond donors (Lipinski definition) is 0. The van der Waals surface area contributed by atoms with Crippen LogP contribution in [0.4, 0.5) is 0 Å². The van der Waals surface area contributed by atoms with E-state index < -0.39 is 0 Å². The summed E-state index contributed by atoms with van der Waals surface area (Å²) < 4.78 is 2.16. The second-order valence-corrected chi connectivity index (χ2v) is 6.11. The Kier molecular flexibility index (Phi) is 2.71. The van der Waals surface area contributed by atoms with Crippen molar-refractivity contribution in [3.05, 3.63) is 94.5 Å². The van der Waals surface area contributed by atoms with Crippen LogP contribution in [-0.2, 0) is 6.42 Å². The third kappa shape index (κ3) is 1.78. The second-order valence-electron chi connectivity index (χ2n) is 6.11. The summed E-state index contributed by atoms with van der Waals surface area (Å²) in [5, 5.41) is 3.10. The van der Waals surface area contributed by atoms with Gasteiger partial charge in [-0.2, -0.15) is 0 Å². The minimum absolute atomic E-state index is 0.111. The molecular formula is C21H14N2O. The van der Waals surface area contributed by atoms with Gasteiger partial charge in [-0.15, -0.1) is 0 Å². The van der Waals surface area contributed by atoms with Gasteiger partial charge in [0.2, 0.25) is 0 Å². The first kappa shape index (κ1) is 13.3. The lowest BCUT2D eigenvalue weighted by Crippen LogP contribution is -2.12. The van der Waals surface area contributed by atoms with Gasteiger partial charge in [0, 0.05) is 46.7 Å². The van der Waals surface area contributed by atoms with E-state index in [-0.39, 0.29) is 5.43 Å². The average molecular weight is 310 g/mol. The summed E-state index contributed by atoms with van der Waals surface area (Å²) in [6.45, 7) is 0. The maximum atomic E-state index is 13.0. The van der Waals surface area contributed by atoms with Crippen LogP contribution in [0.2, 0.25) is 0 Å². The molecule has 3 nitrogen and oxygen atoms in total. The molecule has 0 amide bonds. The smallest absolute Gasteiger partial charge is 0.192 e. The Morgan fingerprint density at radius 3 is 2.58 bits per heavy atom. The molecule has 0 bridgehead atoms. The minimum Gasteiger partial charge on any atom is -0.315 e. The monoisotopic (exact) mass is 310 g/mol. The normalized spacial score (nSPS) is 11.7. The van der Waals surface area contributed by atoms with Crippen LogP contribution < -0.4 is 5.43 Å². The first-order valence-corrected chi connectivity index (χ1v) is 7.99. The molecule has 5 aromatic rings. The summed E-state index contributed by atoms with van der Waals surface area (Å²) in [5.41, 5.74) is 4.10. The van der Waals surface area contributed by atoms with E-state index in [9.17, 15) is 4.79 Å². The van der Waals surface area contributed by atoms with E-state index in [0.717, 1.165) is 32.9 Å². The molecular weight excluding hydrogens is 296 g/mol. The molecule has 5 rings (SSSR count).